The smallest absolute Gasteiger partial charge is 0.225 e. The van der Waals surface area contributed by atoms with Gasteiger partial charge in [-0.05, 0) is 52.2 Å². The van der Waals surface area contributed by atoms with E-state index in [-0.39, 0.29) is 0 Å². The maximum absolute atomic E-state index is 4.58. The van der Waals surface area contributed by atoms with Crippen molar-refractivity contribution < 1.29 is 0 Å². The average Bonchev–Trinajstić information content (AvgIpc) is 2.94. The summed E-state index contributed by atoms with van der Waals surface area (Å²) in [6, 6.07) is 0. The van der Waals surface area contributed by atoms with E-state index >= 15 is 0 Å². The van der Waals surface area contributed by atoms with E-state index < -0.39 is 0 Å². The molecule has 3 rings (SSSR count). The number of rotatable bonds is 5. The molecule has 2 aliphatic rings. The summed E-state index contributed by atoms with van der Waals surface area (Å²) in [5.41, 5.74) is 1.22. The van der Waals surface area contributed by atoms with Crippen LogP contribution in [0.25, 0.3) is 0 Å². The first-order valence-corrected chi connectivity index (χ1v) is 8.63. The molecule has 3 heterocycles. The molecule has 5 nitrogen and oxygen atoms in total. The molecule has 0 aromatic carbocycles. The summed E-state index contributed by atoms with van der Waals surface area (Å²) < 4.78 is 0. The Morgan fingerprint density at radius 1 is 1.14 bits per heavy atom. The van der Waals surface area contributed by atoms with Crippen molar-refractivity contribution in [2.75, 3.05) is 51.7 Å². The molecule has 1 aromatic rings. The Kier molecular flexibility index (Phi) is 5.26. The summed E-state index contributed by atoms with van der Waals surface area (Å²) in [7, 11) is 4.42. The van der Waals surface area contributed by atoms with Crippen LogP contribution in [0.2, 0.25) is 0 Å². The molecular weight excluding hydrogens is 274 g/mol. The molecule has 0 bridgehead atoms. The molecule has 0 amide bonds. The minimum absolute atomic E-state index is 0.809. The summed E-state index contributed by atoms with van der Waals surface area (Å²) in [6.07, 6.45) is 9.22. The topological polar surface area (TPSA) is 35.5 Å². The van der Waals surface area contributed by atoms with Crippen molar-refractivity contribution in [1.82, 2.24) is 19.8 Å². The van der Waals surface area contributed by atoms with Crippen LogP contribution in [-0.4, -0.2) is 66.6 Å². The van der Waals surface area contributed by atoms with E-state index in [0.29, 0.717) is 0 Å². The fraction of sp³-hybridized carbons (Fsp3) is 0.765. The third-order valence-electron chi connectivity index (χ3n) is 4.84. The van der Waals surface area contributed by atoms with Gasteiger partial charge in [-0.1, -0.05) is 0 Å². The first kappa shape index (κ1) is 15.7. The zero-order valence-corrected chi connectivity index (χ0v) is 14.0. The van der Waals surface area contributed by atoms with Crippen LogP contribution in [0, 0.1) is 5.92 Å². The minimum Gasteiger partial charge on any atom is -0.341 e. The third-order valence-corrected chi connectivity index (χ3v) is 4.84. The van der Waals surface area contributed by atoms with Crippen LogP contribution >= 0.6 is 0 Å². The van der Waals surface area contributed by atoms with E-state index in [1.165, 1.54) is 44.3 Å². The number of likely N-dealkylation sites (tertiary alicyclic amines) is 1. The van der Waals surface area contributed by atoms with Gasteiger partial charge < -0.3 is 14.7 Å². The van der Waals surface area contributed by atoms with Crippen LogP contribution in [-0.2, 0) is 6.54 Å². The largest absolute Gasteiger partial charge is 0.341 e. The number of hydrogen-bond acceptors (Lipinski definition) is 5. The third kappa shape index (κ3) is 4.17. The van der Waals surface area contributed by atoms with Gasteiger partial charge in [0.2, 0.25) is 5.95 Å². The Labute approximate surface area is 134 Å². The van der Waals surface area contributed by atoms with E-state index in [4.69, 9.17) is 0 Å². The van der Waals surface area contributed by atoms with Crippen LogP contribution in [0.3, 0.4) is 0 Å². The number of aromatic nitrogens is 2. The van der Waals surface area contributed by atoms with Gasteiger partial charge in [0.25, 0.3) is 0 Å². The van der Waals surface area contributed by atoms with Gasteiger partial charge >= 0.3 is 0 Å². The first-order chi connectivity index (χ1) is 10.7. The highest BCUT2D eigenvalue weighted by Gasteiger charge is 2.20. The number of hydrogen-bond donors (Lipinski definition) is 0. The standard InChI is InChI=1S/C17H29N5/c1-20-9-6-15(12-20)13-21(2)14-16-10-18-17(19-11-16)22-7-4-3-5-8-22/h10-11,15H,3-9,12-14H2,1-2H3. The highest BCUT2D eigenvalue weighted by molar-refractivity contribution is 5.30. The van der Waals surface area contributed by atoms with Crippen molar-refractivity contribution in [3.8, 4) is 0 Å². The van der Waals surface area contributed by atoms with Crippen LogP contribution < -0.4 is 4.90 Å². The second kappa shape index (κ2) is 7.38. The predicted molar refractivity (Wildman–Crippen MR) is 90.0 cm³/mol. The second-order valence-corrected chi connectivity index (χ2v) is 7.05. The molecule has 0 radical (unpaired) electrons. The lowest BCUT2D eigenvalue weighted by Gasteiger charge is -2.26. The SMILES string of the molecule is CN1CCC(CN(C)Cc2cnc(N3CCCCC3)nc2)C1. The summed E-state index contributed by atoms with van der Waals surface area (Å²) in [4.78, 5) is 16.3. The minimum atomic E-state index is 0.809. The van der Waals surface area contributed by atoms with Crippen LogP contribution in [0.15, 0.2) is 12.4 Å². The lowest BCUT2D eigenvalue weighted by atomic mass is 10.1. The van der Waals surface area contributed by atoms with Gasteiger partial charge in [-0.15, -0.1) is 0 Å². The van der Waals surface area contributed by atoms with E-state index in [9.17, 15) is 0 Å². The van der Waals surface area contributed by atoms with Crippen molar-refractivity contribution in [1.29, 1.82) is 0 Å². The molecule has 1 aromatic heterocycles. The second-order valence-electron chi connectivity index (χ2n) is 7.05. The molecule has 5 heteroatoms. The fourth-order valence-corrected chi connectivity index (χ4v) is 3.68. The Balaban J connectivity index is 1.49. The van der Waals surface area contributed by atoms with Crippen LogP contribution in [0.1, 0.15) is 31.2 Å². The molecule has 2 aliphatic heterocycles. The van der Waals surface area contributed by atoms with Crippen molar-refractivity contribution in [2.45, 2.75) is 32.2 Å². The zero-order chi connectivity index (χ0) is 15.4. The Morgan fingerprint density at radius 3 is 2.50 bits per heavy atom. The molecular formula is C17H29N5. The average molecular weight is 303 g/mol. The quantitative estimate of drug-likeness (QED) is 0.829. The molecule has 1 unspecified atom stereocenters. The monoisotopic (exact) mass is 303 g/mol. The van der Waals surface area contributed by atoms with Gasteiger partial charge in [-0.3, -0.25) is 0 Å². The number of piperidine rings is 1. The highest BCUT2D eigenvalue weighted by Crippen LogP contribution is 2.17. The lowest BCUT2D eigenvalue weighted by Crippen LogP contribution is -2.31. The van der Waals surface area contributed by atoms with Crippen molar-refractivity contribution in [2.24, 2.45) is 5.92 Å². The molecule has 122 valence electrons. The van der Waals surface area contributed by atoms with Gasteiger partial charge in [0, 0.05) is 50.7 Å². The summed E-state index contributed by atoms with van der Waals surface area (Å²) in [6.45, 7) is 6.79. The zero-order valence-electron chi connectivity index (χ0n) is 14.0. The van der Waals surface area contributed by atoms with E-state index in [0.717, 1.165) is 38.0 Å². The van der Waals surface area contributed by atoms with Gasteiger partial charge in [-0.25, -0.2) is 9.97 Å². The Hall–Kier alpha value is -1.20. The molecule has 0 aliphatic carbocycles. The van der Waals surface area contributed by atoms with Gasteiger partial charge in [0.05, 0.1) is 0 Å². The van der Waals surface area contributed by atoms with Crippen molar-refractivity contribution in [3.05, 3.63) is 18.0 Å². The highest BCUT2D eigenvalue weighted by atomic mass is 15.2. The molecule has 0 N–H and O–H groups in total. The normalized spacial score (nSPS) is 23.4. The number of anilines is 1. The van der Waals surface area contributed by atoms with E-state index in [1.54, 1.807) is 0 Å². The van der Waals surface area contributed by atoms with Gasteiger partial charge in [0.1, 0.15) is 0 Å². The van der Waals surface area contributed by atoms with E-state index in [2.05, 4.69) is 38.8 Å². The molecule has 2 fully saturated rings. The van der Waals surface area contributed by atoms with E-state index in [1.807, 2.05) is 12.4 Å². The first-order valence-electron chi connectivity index (χ1n) is 8.63. The summed E-state index contributed by atoms with van der Waals surface area (Å²) in [5.74, 6) is 1.71. The molecule has 2 saturated heterocycles. The molecule has 0 saturated carbocycles. The van der Waals surface area contributed by atoms with Gasteiger partial charge in [-0.2, -0.15) is 0 Å². The number of nitrogens with zero attached hydrogens (tertiary/aromatic N) is 5. The molecule has 1 atom stereocenters. The van der Waals surface area contributed by atoms with Crippen LogP contribution in [0.4, 0.5) is 5.95 Å². The Morgan fingerprint density at radius 2 is 1.86 bits per heavy atom. The lowest BCUT2D eigenvalue weighted by molar-refractivity contribution is 0.266. The van der Waals surface area contributed by atoms with Crippen molar-refractivity contribution >= 4 is 5.95 Å². The summed E-state index contributed by atoms with van der Waals surface area (Å²) >= 11 is 0. The maximum Gasteiger partial charge on any atom is 0.225 e. The molecule has 22 heavy (non-hydrogen) atoms. The van der Waals surface area contributed by atoms with Crippen LogP contribution in [0.5, 0.6) is 0 Å². The van der Waals surface area contributed by atoms with Gasteiger partial charge in [0.15, 0.2) is 0 Å². The predicted octanol–water partition coefficient (Wildman–Crippen LogP) is 1.85. The Bertz CT molecular complexity index is 455. The molecule has 0 spiro atoms. The maximum atomic E-state index is 4.58. The fourth-order valence-electron chi connectivity index (χ4n) is 3.68. The van der Waals surface area contributed by atoms with Crippen molar-refractivity contribution in [3.63, 3.8) is 0 Å². The summed E-state index contributed by atoms with van der Waals surface area (Å²) in [5, 5.41) is 0.